The zero-order valence-corrected chi connectivity index (χ0v) is 16.2. The Morgan fingerprint density at radius 3 is 3.04 bits per heavy atom. The van der Waals surface area contributed by atoms with Crippen LogP contribution < -0.4 is 5.32 Å². The minimum Gasteiger partial charge on any atom is -0.361 e. The van der Waals surface area contributed by atoms with Crippen LogP contribution in [-0.2, 0) is 16.0 Å². The van der Waals surface area contributed by atoms with Gasteiger partial charge in [-0.1, -0.05) is 18.2 Å². The molecule has 146 valence electrons. The second-order valence-corrected chi connectivity index (χ2v) is 7.55. The molecule has 0 unspecified atom stereocenters. The summed E-state index contributed by atoms with van der Waals surface area (Å²) in [5.41, 5.74) is 4.92. The minimum atomic E-state index is -0.124. The molecule has 1 aliphatic heterocycles. The van der Waals surface area contributed by atoms with E-state index in [0.717, 1.165) is 41.5 Å². The van der Waals surface area contributed by atoms with Crippen molar-refractivity contribution in [1.82, 2.24) is 20.1 Å². The summed E-state index contributed by atoms with van der Waals surface area (Å²) in [4.78, 5) is 29.6. The molecule has 1 saturated heterocycles. The maximum atomic E-state index is 13.0. The predicted octanol–water partition coefficient (Wildman–Crippen LogP) is 3.11. The molecule has 0 aliphatic carbocycles. The van der Waals surface area contributed by atoms with E-state index < -0.39 is 0 Å². The van der Waals surface area contributed by atoms with Crippen molar-refractivity contribution in [2.24, 2.45) is 0 Å². The van der Waals surface area contributed by atoms with Crippen molar-refractivity contribution in [1.29, 1.82) is 0 Å². The summed E-state index contributed by atoms with van der Waals surface area (Å²) >= 11 is 0. The number of carbonyl (C=O) groups is 2. The number of piperidine rings is 1. The molecule has 3 aromatic rings. The van der Waals surface area contributed by atoms with Crippen LogP contribution >= 0.6 is 0 Å². The van der Waals surface area contributed by atoms with Gasteiger partial charge in [0.15, 0.2) is 0 Å². The maximum absolute atomic E-state index is 13.0. The first-order chi connectivity index (χ1) is 13.5. The van der Waals surface area contributed by atoms with Crippen molar-refractivity contribution >= 4 is 28.4 Å². The van der Waals surface area contributed by atoms with Crippen LogP contribution in [0.25, 0.3) is 10.9 Å². The maximum Gasteiger partial charge on any atom is 0.227 e. The first kappa shape index (κ1) is 18.3. The minimum absolute atomic E-state index is 0.124. The fourth-order valence-corrected chi connectivity index (χ4v) is 4.12. The van der Waals surface area contributed by atoms with Gasteiger partial charge in [-0.25, -0.2) is 0 Å². The number of carbonyl (C=O) groups excluding carboxylic acids is 2. The number of H-pyrrole nitrogens is 2. The molecule has 1 aliphatic rings. The van der Waals surface area contributed by atoms with Gasteiger partial charge in [0, 0.05) is 43.0 Å². The molecule has 0 spiro atoms. The Balaban J connectivity index is 1.48. The number of aromatic amines is 2. The largest absolute Gasteiger partial charge is 0.361 e. The van der Waals surface area contributed by atoms with Crippen LogP contribution in [0.2, 0.25) is 0 Å². The number of hydrogen-bond donors (Lipinski definition) is 3. The Kier molecular flexibility index (Phi) is 4.90. The number of benzene rings is 1. The SMILES string of the molecule is CC(=O)Nc1cn[nH]c1[C@H]1CCCN(C(=O)Cc2c[nH]c3c(C)cccc23)C1. The van der Waals surface area contributed by atoms with Crippen molar-refractivity contribution in [3.05, 3.63) is 47.4 Å². The zero-order chi connectivity index (χ0) is 19.7. The van der Waals surface area contributed by atoms with E-state index in [-0.39, 0.29) is 17.7 Å². The van der Waals surface area contributed by atoms with Crippen molar-refractivity contribution in [3.63, 3.8) is 0 Å². The van der Waals surface area contributed by atoms with E-state index in [1.165, 1.54) is 12.5 Å². The summed E-state index contributed by atoms with van der Waals surface area (Å²) in [6.45, 7) is 4.95. The van der Waals surface area contributed by atoms with E-state index in [4.69, 9.17) is 0 Å². The Morgan fingerprint density at radius 1 is 1.36 bits per heavy atom. The summed E-state index contributed by atoms with van der Waals surface area (Å²) in [7, 11) is 0. The van der Waals surface area contributed by atoms with Gasteiger partial charge < -0.3 is 15.2 Å². The predicted molar refractivity (Wildman–Crippen MR) is 108 cm³/mol. The lowest BCUT2D eigenvalue weighted by atomic mass is 9.93. The van der Waals surface area contributed by atoms with Crippen LogP contribution in [0.5, 0.6) is 0 Å². The first-order valence-corrected chi connectivity index (χ1v) is 9.67. The van der Waals surface area contributed by atoms with Crippen molar-refractivity contribution in [2.75, 3.05) is 18.4 Å². The zero-order valence-electron chi connectivity index (χ0n) is 16.2. The molecule has 7 heteroatoms. The summed E-state index contributed by atoms with van der Waals surface area (Å²) < 4.78 is 0. The molecular formula is C21H25N5O2. The molecule has 1 aromatic carbocycles. The fraction of sp³-hybridized carbons (Fsp3) is 0.381. The summed E-state index contributed by atoms with van der Waals surface area (Å²) in [6.07, 6.45) is 5.86. The molecule has 0 bridgehead atoms. The number of likely N-dealkylation sites (tertiary alicyclic amines) is 1. The molecule has 7 nitrogen and oxygen atoms in total. The average Bonchev–Trinajstić information content (AvgIpc) is 3.29. The number of aryl methyl sites for hydroxylation is 1. The van der Waals surface area contributed by atoms with E-state index in [0.29, 0.717) is 18.7 Å². The Labute approximate surface area is 163 Å². The van der Waals surface area contributed by atoms with Gasteiger partial charge in [-0.2, -0.15) is 5.10 Å². The Bertz CT molecular complexity index is 1020. The fourth-order valence-electron chi connectivity index (χ4n) is 4.12. The first-order valence-electron chi connectivity index (χ1n) is 9.67. The highest BCUT2D eigenvalue weighted by atomic mass is 16.2. The number of amides is 2. The van der Waals surface area contributed by atoms with Crippen LogP contribution in [0, 0.1) is 6.92 Å². The summed E-state index contributed by atoms with van der Waals surface area (Å²) in [5, 5.41) is 11.0. The van der Waals surface area contributed by atoms with E-state index in [2.05, 4.69) is 39.6 Å². The lowest BCUT2D eigenvalue weighted by molar-refractivity contribution is -0.131. The molecule has 4 rings (SSSR count). The molecule has 28 heavy (non-hydrogen) atoms. The van der Waals surface area contributed by atoms with E-state index in [9.17, 15) is 9.59 Å². The number of hydrogen-bond acceptors (Lipinski definition) is 3. The third-order valence-electron chi connectivity index (χ3n) is 5.51. The standard InChI is InChI=1S/C21H25N5O2/c1-13-5-3-7-17-16(10-22-20(13)17)9-19(28)26-8-4-6-15(12-26)21-18(11-23-25-21)24-14(2)27/h3,5,7,10-11,15,22H,4,6,8-9,12H2,1-2H3,(H,23,25)(H,24,27)/t15-/m0/s1. The van der Waals surface area contributed by atoms with E-state index in [1.807, 2.05) is 17.2 Å². The third kappa shape index (κ3) is 3.52. The number of fused-ring (bicyclic) bond motifs is 1. The lowest BCUT2D eigenvalue weighted by Gasteiger charge is -2.32. The summed E-state index contributed by atoms with van der Waals surface area (Å²) in [6, 6.07) is 6.15. The van der Waals surface area contributed by atoms with Gasteiger partial charge in [-0.15, -0.1) is 0 Å². The van der Waals surface area contributed by atoms with Gasteiger partial charge in [-0.05, 0) is 30.9 Å². The van der Waals surface area contributed by atoms with Gasteiger partial charge in [0.25, 0.3) is 0 Å². The van der Waals surface area contributed by atoms with Crippen LogP contribution in [0.3, 0.4) is 0 Å². The molecule has 0 radical (unpaired) electrons. The van der Waals surface area contributed by atoms with Gasteiger partial charge in [0.05, 0.1) is 24.0 Å². The van der Waals surface area contributed by atoms with E-state index >= 15 is 0 Å². The van der Waals surface area contributed by atoms with Crippen LogP contribution in [0.15, 0.2) is 30.6 Å². The van der Waals surface area contributed by atoms with Gasteiger partial charge in [0.2, 0.25) is 11.8 Å². The average molecular weight is 379 g/mol. The van der Waals surface area contributed by atoms with Crippen molar-refractivity contribution in [2.45, 2.75) is 39.0 Å². The Hall–Kier alpha value is -3.09. The number of nitrogens with one attached hydrogen (secondary N) is 3. The molecule has 3 heterocycles. The van der Waals surface area contributed by atoms with E-state index in [1.54, 1.807) is 6.20 Å². The second-order valence-electron chi connectivity index (χ2n) is 7.55. The highest BCUT2D eigenvalue weighted by molar-refractivity contribution is 5.91. The number of rotatable bonds is 4. The lowest BCUT2D eigenvalue weighted by Crippen LogP contribution is -2.40. The molecule has 3 N–H and O–H groups in total. The number of nitrogens with zero attached hydrogens (tertiary/aromatic N) is 2. The number of para-hydroxylation sites is 1. The number of anilines is 1. The molecule has 1 fully saturated rings. The molecular weight excluding hydrogens is 354 g/mol. The topological polar surface area (TPSA) is 93.9 Å². The normalized spacial score (nSPS) is 17.1. The van der Waals surface area contributed by atoms with Crippen molar-refractivity contribution in [3.8, 4) is 0 Å². The number of aromatic nitrogens is 3. The van der Waals surface area contributed by atoms with Gasteiger partial charge in [0.1, 0.15) is 0 Å². The smallest absolute Gasteiger partial charge is 0.227 e. The highest BCUT2D eigenvalue weighted by Crippen LogP contribution is 2.31. The van der Waals surface area contributed by atoms with Crippen LogP contribution in [0.1, 0.15) is 42.5 Å². The molecule has 0 saturated carbocycles. The van der Waals surface area contributed by atoms with Crippen LogP contribution in [-0.4, -0.2) is 45.0 Å². The second kappa shape index (κ2) is 7.50. The van der Waals surface area contributed by atoms with Gasteiger partial charge in [-0.3, -0.25) is 14.7 Å². The monoisotopic (exact) mass is 379 g/mol. The summed E-state index contributed by atoms with van der Waals surface area (Å²) in [5.74, 6) is 0.154. The van der Waals surface area contributed by atoms with Crippen LogP contribution in [0.4, 0.5) is 5.69 Å². The molecule has 1 atom stereocenters. The Morgan fingerprint density at radius 2 is 2.21 bits per heavy atom. The quantitative estimate of drug-likeness (QED) is 0.650. The molecule has 2 aromatic heterocycles. The highest BCUT2D eigenvalue weighted by Gasteiger charge is 2.28. The van der Waals surface area contributed by atoms with Gasteiger partial charge >= 0.3 is 0 Å². The van der Waals surface area contributed by atoms with Crippen molar-refractivity contribution < 1.29 is 9.59 Å². The third-order valence-corrected chi connectivity index (χ3v) is 5.51. The molecule has 2 amide bonds.